The Balaban J connectivity index is 1.98. The van der Waals surface area contributed by atoms with E-state index in [-0.39, 0.29) is 17.3 Å². The van der Waals surface area contributed by atoms with E-state index in [0.29, 0.717) is 23.6 Å². The van der Waals surface area contributed by atoms with Crippen molar-refractivity contribution in [1.29, 1.82) is 0 Å². The number of hydrogen-bond donors (Lipinski definition) is 1. The second-order valence-electron chi connectivity index (χ2n) is 5.00. The molecule has 3 rings (SSSR count). The molecule has 0 atom stereocenters. The Morgan fingerprint density at radius 2 is 1.83 bits per heavy atom. The van der Waals surface area contributed by atoms with Gasteiger partial charge in [0.05, 0.1) is 17.1 Å². The summed E-state index contributed by atoms with van der Waals surface area (Å²) in [5.41, 5.74) is 0.933. The molecule has 0 radical (unpaired) electrons. The third kappa shape index (κ3) is 2.75. The van der Waals surface area contributed by atoms with E-state index in [0.717, 1.165) is 0 Å². The van der Waals surface area contributed by atoms with Crippen molar-refractivity contribution in [2.24, 2.45) is 0 Å². The van der Waals surface area contributed by atoms with Gasteiger partial charge in [-0.1, -0.05) is 12.1 Å². The standard InChI is InChI=1S/C16H16N2O4S/c1-17-16(19)12-6-8-13(9-7-12)23(20,21)18-10-11-22-15-5-3-2-4-14(15)18/h2-9H,10-11H2,1H3,(H,17,19). The number of amides is 1. The van der Waals surface area contributed by atoms with Gasteiger partial charge in [0.15, 0.2) is 0 Å². The first kappa shape index (κ1) is 15.4. The quantitative estimate of drug-likeness (QED) is 0.927. The second-order valence-corrected chi connectivity index (χ2v) is 6.86. The van der Waals surface area contributed by atoms with E-state index in [1.807, 2.05) is 0 Å². The lowest BCUT2D eigenvalue weighted by atomic mass is 10.2. The third-order valence-corrected chi connectivity index (χ3v) is 5.44. The van der Waals surface area contributed by atoms with Crippen molar-refractivity contribution >= 4 is 21.6 Å². The summed E-state index contributed by atoms with van der Waals surface area (Å²) in [5, 5.41) is 2.50. The molecule has 6 nitrogen and oxygen atoms in total. The Morgan fingerprint density at radius 1 is 1.13 bits per heavy atom. The average molecular weight is 332 g/mol. The van der Waals surface area contributed by atoms with E-state index in [1.165, 1.54) is 35.6 Å². The Labute approximate surface area is 134 Å². The van der Waals surface area contributed by atoms with Crippen molar-refractivity contribution in [3.63, 3.8) is 0 Å². The van der Waals surface area contributed by atoms with Crippen molar-refractivity contribution in [3.05, 3.63) is 54.1 Å². The number of benzene rings is 2. The highest BCUT2D eigenvalue weighted by Crippen LogP contribution is 2.34. The number of ether oxygens (including phenoxy) is 1. The first-order chi connectivity index (χ1) is 11.0. The van der Waals surface area contributed by atoms with Crippen LogP contribution in [0.4, 0.5) is 5.69 Å². The van der Waals surface area contributed by atoms with Gasteiger partial charge in [-0.3, -0.25) is 9.10 Å². The normalized spacial score (nSPS) is 13.9. The molecule has 0 saturated heterocycles. The maximum atomic E-state index is 12.9. The number of nitrogens with zero attached hydrogens (tertiary/aromatic N) is 1. The van der Waals surface area contributed by atoms with Gasteiger partial charge in [0.25, 0.3) is 15.9 Å². The molecule has 0 fully saturated rings. The lowest BCUT2D eigenvalue weighted by molar-refractivity contribution is 0.0963. The van der Waals surface area contributed by atoms with E-state index in [4.69, 9.17) is 4.74 Å². The molecule has 0 aliphatic carbocycles. The van der Waals surface area contributed by atoms with Gasteiger partial charge in [-0.05, 0) is 36.4 Å². The SMILES string of the molecule is CNC(=O)c1ccc(S(=O)(=O)N2CCOc3ccccc32)cc1. The number of carbonyl (C=O) groups is 1. The van der Waals surface area contributed by atoms with Gasteiger partial charge in [-0.15, -0.1) is 0 Å². The van der Waals surface area contributed by atoms with E-state index >= 15 is 0 Å². The summed E-state index contributed by atoms with van der Waals surface area (Å²) >= 11 is 0. The third-order valence-electron chi connectivity index (χ3n) is 3.62. The van der Waals surface area contributed by atoms with Gasteiger partial charge in [0, 0.05) is 12.6 Å². The fourth-order valence-corrected chi connectivity index (χ4v) is 3.90. The number of sulfonamides is 1. The second kappa shape index (κ2) is 5.92. The van der Waals surface area contributed by atoms with Crippen molar-refractivity contribution in [2.75, 3.05) is 24.5 Å². The van der Waals surface area contributed by atoms with Gasteiger partial charge in [-0.2, -0.15) is 0 Å². The predicted octanol–water partition coefficient (Wildman–Crippen LogP) is 1.63. The maximum absolute atomic E-state index is 12.9. The smallest absolute Gasteiger partial charge is 0.264 e. The van der Waals surface area contributed by atoms with Crippen molar-refractivity contribution < 1.29 is 17.9 Å². The minimum atomic E-state index is -3.70. The molecule has 23 heavy (non-hydrogen) atoms. The molecule has 0 bridgehead atoms. The zero-order chi connectivity index (χ0) is 16.4. The van der Waals surface area contributed by atoms with Gasteiger partial charge in [0.1, 0.15) is 12.4 Å². The van der Waals surface area contributed by atoms with E-state index in [1.54, 1.807) is 24.3 Å². The molecule has 120 valence electrons. The highest BCUT2D eigenvalue weighted by Gasteiger charge is 2.29. The van der Waals surface area contributed by atoms with Crippen LogP contribution in [0.2, 0.25) is 0 Å². The van der Waals surface area contributed by atoms with Crippen LogP contribution in [-0.2, 0) is 10.0 Å². The Hall–Kier alpha value is -2.54. The molecule has 2 aromatic rings. The van der Waals surface area contributed by atoms with Crippen molar-refractivity contribution in [2.45, 2.75) is 4.90 Å². The Bertz CT molecular complexity index is 831. The lowest BCUT2D eigenvalue weighted by Crippen LogP contribution is -2.37. The number of para-hydroxylation sites is 2. The van der Waals surface area contributed by atoms with Crippen LogP contribution in [0.25, 0.3) is 0 Å². The van der Waals surface area contributed by atoms with Crippen molar-refractivity contribution in [3.8, 4) is 5.75 Å². The minimum Gasteiger partial charge on any atom is -0.489 e. The zero-order valence-corrected chi connectivity index (χ0v) is 13.3. The average Bonchev–Trinajstić information content (AvgIpc) is 2.60. The van der Waals surface area contributed by atoms with E-state index in [2.05, 4.69) is 5.32 Å². The predicted molar refractivity (Wildman–Crippen MR) is 86.3 cm³/mol. The number of fused-ring (bicyclic) bond motifs is 1. The van der Waals surface area contributed by atoms with Gasteiger partial charge in [-0.25, -0.2) is 8.42 Å². The van der Waals surface area contributed by atoms with E-state index in [9.17, 15) is 13.2 Å². The molecule has 1 aliphatic heterocycles. The van der Waals surface area contributed by atoms with Crippen LogP contribution >= 0.6 is 0 Å². The maximum Gasteiger partial charge on any atom is 0.264 e. The molecule has 0 unspecified atom stereocenters. The van der Waals surface area contributed by atoms with Gasteiger partial charge in [0.2, 0.25) is 0 Å². The summed E-state index contributed by atoms with van der Waals surface area (Å²) < 4.78 is 32.6. The fraction of sp³-hybridized carbons (Fsp3) is 0.188. The highest BCUT2D eigenvalue weighted by molar-refractivity contribution is 7.92. The molecule has 2 aromatic carbocycles. The Morgan fingerprint density at radius 3 is 2.52 bits per heavy atom. The molecule has 0 saturated carbocycles. The molecular weight excluding hydrogens is 316 g/mol. The van der Waals surface area contributed by atoms with Crippen LogP contribution in [0.1, 0.15) is 10.4 Å². The monoisotopic (exact) mass is 332 g/mol. The Kier molecular flexibility index (Phi) is 3.96. The summed E-state index contributed by atoms with van der Waals surface area (Å²) in [6.07, 6.45) is 0. The molecule has 1 heterocycles. The van der Waals surface area contributed by atoms with Crippen LogP contribution in [-0.4, -0.2) is 34.5 Å². The summed E-state index contributed by atoms with van der Waals surface area (Å²) in [6, 6.07) is 12.9. The molecule has 1 aliphatic rings. The summed E-state index contributed by atoms with van der Waals surface area (Å²) in [6.45, 7) is 0.545. The first-order valence-corrected chi connectivity index (χ1v) is 8.55. The molecule has 1 amide bonds. The molecule has 7 heteroatoms. The first-order valence-electron chi connectivity index (χ1n) is 7.11. The van der Waals surface area contributed by atoms with Crippen LogP contribution < -0.4 is 14.4 Å². The number of nitrogens with one attached hydrogen (secondary N) is 1. The van der Waals surface area contributed by atoms with Gasteiger partial charge < -0.3 is 10.1 Å². The lowest BCUT2D eigenvalue weighted by Gasteiger charge is -2.30. The highest BCUT2D eigenvalue weighted by atomic mass is 32.2. The summed E-state index contributed by atoms with van der Waals surface area (Å²) in [4.78, 5) is 11.7. The fourth-order valence-electron chi connectivity index (χ4n) is 2.44. The molecule has 0 aromatic heterocycles. The largest absolute Gasteiger partial charge is 0.489 e. The summed E-state index contributed by atoms with van der Waals surface area (Å²) in [5.74, 6) is 0.287. The topological polar surface area (TPSA) is 75.7 Å². The zero-order valence-electron chi connectivity index (χ0n) is 12.5. The number of carbonyl (C=O) groups excluding carboxylic acids is 1. The molecule has 0 spiro atoms. The summed E-state index contributed by atoms with van der Waals surface area (Å²) in [7, 11) is -2.18. The van der Waals surface area contributed by atoms with Crippen LogP contribution in [0.3, 0.4) is 0 Å². The van der Waals surface area contributed by atoms with Crippen molar-refractivity contribution in [1.82, 2.24) is 5.32 Å². The van der Waals surface area contributed by atoms with Crippen LogP contribution in [0, 0.1) is 0 Å². The van der Waals surface area contributed by atoms with Gasteiger partial charge >= 0.3 is 0 Å². The number of rotatable bonds is 3. The van der Waals surface area contributed by atoms with E-state index < -0.39 is 10.0 Å². The van der Waals surface area contributed by atoms with Crippen LogP contribution in [0.15, 0.2) is 53.4 Å². The minimum absolute atomic E-state index is 0.141. The number of hydrogen-bond acceptors (Lipinski definition) is 4. The number of anilines is 1. The molecule has 1 N–H and O–H groups in total. The van der Waals surface area contributed by atoms with Crippen LogP contribution in [0.5, 0.6) is 5.75 Å². The molecular formula is C16H16N2O4S.